The molecule has 106 valence electrons. The zero-order valence-corrected chi connectivity index (χ0v) is 12.4. The van der Waals surface area contributed by atoms with E-state index in [2.05, 4.69) is 0 Å². The number of benzene rings is 2. The number of rotatable bonds is 4. The smallest absolute Gasteiger partial charge is 0.137 e. The van der Waals surface area contributed by atoms with E-state index in [1.807, 2.05) is 24.3 Å². The molecule has 0 aliphatic heterocycles. The quantitative estimate of drug-likeness (QED) is 0.935. The lowest BCUT2D eigenvalue weighted by Gasteiger charge is -2.26. The van der Waals surface area contributed by atoms with Gasteiger partial charge in [0.05, 0.1) is 19.2 Å². The third kappa shape index (κ3) is 2.60. The molecule has 0 fully saturated rings. The SMILES string of the molecule is COc1cc(C(C)(O)c2ccccc2OC)ccc1Cl. The summed E-state index contributed by atoms with van der Waals surface area (Å²) in [4.78, 5) is 0. The van der Waals surface area contributed by atoms with Crippen molar-refractivity contribution in [1.29, 1.82) is 0 Å². The molecule has 1 unspecified atom stereocenters. The van der Waals surface area contributed by atoms with Crippen LogP contribution in [-0.4, -0.2) is 19.3 Å². The van der Waals surface area contributed by atoms with Crippen LogP contribution in [0.3, 0.4) is 0 Å². The molecule has 4 heteroatoms. The molecule has 1 atom stereocenters. The molecule has 2 aromatic rings. The lowest BCUT2D eigenvalue weighted by atomic mass is 9.87. The molecule has 2 aromatic carbocycles. The van der Waals surface area contributed by atoms with Gasteiger partial charge in [-0.05, 0) is 30.7 Å². The van der Waals surface area contributed by atoms with Crippen LogP contribution in [0.5, 0.6) is 11.5 Å². The predicted octanol–water partition coefficient (Wildman–Crippen LogP) is 3.61. The Morgan fingerprint density at radius 2 is 1.65 bits per heavy atom. The topological polar surface area (TPSA) is 38.7 Å². The lowest BCUT2D eigenvalue weighted by molar-refractivity contribution is 0.0987. The van der Waals surface area contributed by atoms with Crippen LogP contribution in [0.2, 0.25) is 5.02 Å². The van der Waals surface area contributed by atoms with Crippen LogP contribution in [-0.2, 0) is 5.60 Å². The highest BCUT2D eigenvalue weighted by atomic mass is 35.5. The fraction of sp³-hybridized carbons (Fsp3) is 0.250. The van der Waals surface area contributed by atoms with Gasteiger partial charge in [-0.2, -0.15) is 0 Å². The number of ether oxygens (including phenoxy) is 2. The van der Waals surface area contributed by atoms with E-state index in [0.29, 0.717) is 27.6 Å². The van der Waals surface area contributed by atoms with Crippen LogP contribution in [0.1, 0.15) is 18.1 Å². The van der Waals surface area contributed by atoms with Gasteiger partial charge in [0.15, 0.2) is 0 Å². The number of para-hydroxylation sites is 1. The van der Waals surface area contributed by atoms with Crippen molar-refractivity contribution in [2.75, 3.05) is 14.2 Å². The zero-order chi connectivity index (χ0) is 14.8. The van der Waals surface area contributed by atoms with E-state index in [0.717, 1.165) is 0 Å². The van der Waals surface area contributed by atoms with Gasteiger partial charge in [0.25, 0.3) is 0 Å². The Balaban J connectivity index is 2.54. The molecule has 2 rings (SSSR count). The molecule has 3 nitrogen and oxygen atoms in total. The Hall–Kier alpha value is -1.71. The van der Waals surface area contributed by atoms with Crippen LogP contribution < -0.4 is 9.47 Å². The van der Waals surface area contributed by atoms with E-state index < -0.39 is 5.60 Å². The average molecular weight is 293 g/mol. The molecule has 0 aliphatic rings. The van der Waals surface area contributed by atoms with E-state index in [9.17, 15) is 5.11 Å². The van der Waals surface area contributed by atoms with Gasteiger partial charge in [-0.15, -0.1) is 0 Å². The first-order valence-corrected chi connectivity index (χ1v) is 6.58. The maximum absolute atomic E-state index is 10.9. The lowest BCUT2D eigenvalue weighted by Crippen LogP contribution is -2.23. The first-order chi connectivity index (χ1) is 9.50. The number of hydrogen-bond acceptors (Lipinski definition) is 3. The Labute approximate surface area is 123 Å². The standard InChI is InChI=1S/C16H17ClO3/c1-16(18,12-6-4-5-7-14(12)19-2)11-8-9-13(17)15(10-11)20-3/h4-10,18H,1-3H3. The first kappa shape index (κ1) is 14.7. The molecular formula is C16H17ClO3. The molecule has 0 aromatic heterocycles. The fourth-order valence-corrected chi connectivity index (χ4v) is 2.36. The zero-order valence-electron chi connectivity index (χ0n) is 11.7. The molecular weight excluding hydrogens is 276 g/mol. The molecule has 0 heterocycles. The van der Waals surface area contributed by atoms with Gasteiger partial charge in [-0.3, -0.25) is 0 Å². The summed E-state index contributed by atoms with van der Waals surface area (Å²) in [5.41, 5.74) is 0.167. The maximum atomic E-state index is 10.9. The summed E-state index contributed by atoms with van der Waals surface area (Å²) in [6, 6.07) is 12.6. The largest absolute Gasteiger partial charge is 0.496 e. The summed E-state index contributed by atoms with van der Waals surface area (Å²) in [6.07, 6.45) is 0. The number of methoxy groups -OCH3 is 2. The summed E-state index contributed by atoms with van der Waals surface area (Å²) in [6.45, 7) is 1.72. The molecule has 0 aliphatic carbocycles. The summed E-state index contributed by atoms with van der Waals surface area (Å²) in [5, 5.41) is 11.4. The predicted molar refractivity (Wildman–Crippen MR) is 79.7 cm³/mol. The van der Waals surface area contributed by atoms with Gasteiger partial charge >= 0.3 is 0 Å². The Morgan fingerprint density at radius 1 is 1.00 bits per heavy atom. The van der Waals surface area contributed by atoms with Gasteiger partial charge in [-0.1, -0.05) is 35.9 Å². The van der Waals surface area contributed by atoms with Crippen LogP contribution in [0, 0.1) is 0 Å². The number of halogens is 1. The summed E-state index contributed by atoms with van der Waals surface area (Å²) in [5.74, 6) is 1.16. The normalized spacial score (nSPS) is 13.7. The van der Waals surface area contributed by atoms with Crippen LogP contribution in [0.15, 0.2) is 42.5 Å². The van der Waals surface area contributed by atoms with E-state index in [4.69, 9.17) is 21.1 Å². The van der Waals surface area contributed by atoms with E-state index in [1.54, 1.807) is 39.3 Å². The minimum absolute atomic E-state index is 0.507. The first-order valence-electron chi connectivity index (χ1n) is 6.20. The van der Waals surface area contributed by atoms with Gasteiger partial charge in [0.1, 0.15) is 17.1 Å². The third-order valence-electron chi connectivity index (χ3n) is 3.34. The highest BCUT2D eigenvalue weighted by Gasteiger charge is 2.29. The molecule has 0 saturated carbocycles. The van der Waals surface area contributed by atoms with Crippen molar-refractivity contribution >= 4 is 11.6 Å². The summed E-state index contributed by atoms with van der Waals surface area (Å²) in [7, 11) is 3.13. The van der Waals surface area contributed by atoms with Crippen LogP contribution in [0.4, 0.5) is 0 Å². The van der Waals surface area contributed by atoms with Gasteiger partial charge < -0.3 is 14.6 Å². The maximum Gasteiger partial charge on any atom is 0.137 e. The van der Waals surface area contributed by atoms with E-state index in [1.165, 1.54) is 0 Å². The molecule has 0 amide bonds. The second-order valence-electron chi connectivity index (χ2n) is 4.62. The van der Waals surface area contributed by atoms with Gasteiger partial charge in [0.2, 0.25) is 0 Å². The third-order valence-corrected chi connectivity index (χ3v) is 3.66. The second kappa shape index (κ2) is 5.73. The Bertz CT molecular complexity index is 608. The Kier molecular flexibility index (Phi) is 4.21. The molecule has 0 spiro atoms. The molecule has 0 saturated heterocycles. The van der Waals surface area contributed by atoms with Crippen molar-refractivity contribution in [2.45, 2.75) is 12.5 Å². The average Bonchev–Trinajstić information content (AvgIpc) is 2.47. The summed E-state index contributed by atoms with van der Waals surface area (Å²) < 4.78 is 10.5. The van der Waals surface area contributed by atoms with Crippen LogP contribution in [0.25, 0.3) is 0 Å². The monoisotopic (exact) mass is 292 g/mol. The van der Waals surface area contributed by atoms with Crippen molar-refractivity contribution in [3.8, 4) is 11.5 Å². The number of aliphatic hydroxyl groups is 1. The van der Waals surface area contributed by atoms with Crippen molar-refractivity contribution in [3.63, 3.8) is 0 Å². The Morgan fingerprint density at radius 3 is 2.30 bits per heavy atom. The summed E-state index contributed by atoms with van der Waals surface area (Å²) >= 11 is 6.02. The molecule has 20 heavy (non-hydrogen) atoms. The van der Waals surface area contributed by atoms with Crippen LogP contribution >= 0.6 is 11.6 Å². The van der Waals surface area contributed by atoms with Crippen molar-refractivity contribution in [1.82, 2.24) is 0 Å². The minimum Gasteiger partial charge on any atom is -0.496 e. The minimum atomic E-state index is -1.20. The fourth-order valence-electron chi connectivity index (χ4n) is 2.16. The second-order valence-corrected chi connectivity index (χ2v) is 5.03. The van der Waals surface area contributed by atoms with Crippen molar-refractivity contribution < 1.29 is 14.6 Å². The van der Waals surface area contributed by atoms with E-state index >= 15 is 0 Å². The highest BCUT2D eigenvalue weighted by Crippen LogP contribution is 2.38. The van der Waals surface area contributed by atoms with Crippen molar-refractivity contribution in [3.05, 3.63) is 58.6 Å². The van der Waals surface area contributed by atoms with Gasteiger partial charge in [-0.25, -0.2) is 0 Å². The number of hydrogen-bond donors (Lipinski definition) is 1. The molecule has 0 radical (unpaired) electrons. The molecule has 1 N–H and O–H groups in total. The highest BCUT2D eigenvalue weighted by molar-refractivity contribution is 6.32. The van der Waals surface area contributed by atoms with Gasteiger partial charge in [0, 0.05) is 5.56 Å². The molecule has 0 bridgehead atoms. The van der Waals surface area contributed by atoms with Crippen molar-refractivity contribution in [2.24, 2.45) is 0 Å². The van der Waals surface area contributed by atoms with E-state index in [-0.39, 0.29) is 0 Å².